The van der Waals surface area contributed by atoms with Crippen LogP contribution in [0.4, 0.5) is 8.78 Å². The van der Waals surface area contributed by atoms with E-state index in [1.807, 2.05) is 19.1 Å². The lowest BCUT2D eigenvalue weighted by Gasteiger charge is -2.15. The fourth-order valence-electron chi connectivity index (χ4n) is 2.43. The summed E-state index contributed by atoms with van der Waals surface area (Å²) in [5, 5.41) is 5.62. The molecule has 0 unspecified atom stereocenters. The van der Waals surface area contributed by atoms with Gasteiger partial charge < -0.3 is 20.1 Å². The minimum atomic E-state index is -0.640. The Morgan fingerprint density at radius 1 is 1.07 bits per heavy atom. The van der Waals surface area contributed by atoms with Gasteiger partial charge in [0, 0.05) is 17.7 Å². The average molecular weight is 378 g/mol. The summed E-state index contributed by atoms with van der Waals surface area (Å²) in [7, 11) is 0. The van der Waals surface area contributed by atoms with E-state index in [2.05, 4.69) is 10.6 Å². The van der Waals surface area contributed by atoms with Gasteiger partial charge in [0.2, 0.25) is 5.91 Å². The summed E-state index contributed by atoms with van der Waals surface area (Å²) < 4.78 is 37.5. The third-order valence-electron chi connectivity index (χ3n) is 3.83. The Morgan fingerprint density at radius 3 is 2.37 bits per heavy atom. The van der Waals surface area contributed by atoms with Crippen molar-refractivity contribution in [1.29, 1.82) is 0 Å². The van der Waals surface area contributed by atoms with Crippen LogP contribution in [-0.4, -0.2) is 32.2 Å². The van der Waals surface area contributed by atoms with Gasteiger partial charge in [0.1, 0.15) is 29.7 Å². The number of benzene rings is 2. The van der Waals surface area contributed by atoms with Crippen molar-refractivity contribution in [3.8, 4) is 11.5 Å². The molecular weight excluding hydrogens is 354 g/mol. The molecule has 0 aliphatic rings. The van der Waals surface area contributed by atoms with Gasteiger partial charge in [-0.2, -0.15) is 0 Å². The summed E-state index contributed by atoms with van der Waals surface area (Å²) in [5.41, 5.74) is 0.308. The summed E-state index contributed by atoms with van der Waals surface area (Å²) in [5.74, 6) is -0.0466. The third kappa shape index (κ3) is 6.86. The number of carbonyl (C=O) groups excluding carboxylic acids is 1. The fourth-order valence-corrected chi connectivity index (χ4v) is 2.43. The Hall–Kier alpha value is -2.67. The van der Waals surface area contributed by atoms with E-state index in [1.54, 1.807) is 19.1 Å². The molecule has 0 saturated heterocycles. The monoisotopic (exact) mass is 378 g/mol. The van der Waals surface area contributed by atoms with Crippen LogP contribution in [0, 0.1) is 11.6 Å². The van der Waals surface area contributed by atoms with Crippen molar-refractivity contribution in [3.63, 3.8) is 0 Å². The van der Waals surface area contributed by atoms with Crippen LogP contribution in [0.15, 0.2) is 42.5 Å². The molecule has 0 spiro atoms. The van der Waals surface area contributed by atoms with E-state index in [9.17, 15) is 13.6 Å². The standard InChI is InChI=1S/C20H24F2N2O3/c1-3-26-16-5-7-17(8-6-16)27-11-10-23-20(25)13-24-14(2)18-9-4-15(21)12-19(18)22/h4-9,12,14,24H,3,10-11,13H2,1-2H3,(H,23,25)/t14-/m1/s1. The second-order valence-corrected chi connectivity index (χ2v) is 5.87. The molecular formula is C20H24F2N2O3. The second-order valence-electron chi connectivity index (χ2n) is 5.87. The molecule has 0 aromatic heterocycles. The molecule has 146 valence electrons. The summed E-state index contributed by atoms with van der Waals surface area (Å²) >= 11 is 0. The zero-order valence-electron chi connectivity index (χ0n) is 15.4. The van der Waals surface area contributed by atoms with Crippen molar-refractivity contribution in [1.82, 2.24) is 10.6 Å². The van der Waals surface area contributed by atoms with E-state index in [0.29, 0.717) is 31.1 Å². The molecule has 2 aromatic rings. The van der Waals surface area contributed by atoms with Crippen LogP contribution >= 0.6 is 0 Å². The molecule has 0 bridgehead atoms. The number of rotatable bonds is 10. The molecule has 2 N–H and O–H groups in total. The molecule has 0 saturated carbocycles. The Balaban J connectivity index is 1.65. The Bertz CT molecular complexity index is 739. The van der Waals surface area contributed by atoms with E-state index in [4.69, 9.17) is 9.47 Å². The fraction of sp³-hybridized carbons (Fsp3) is 0.350. The van der Waals surface area contributed by atoms with E-state index in [-0.39, 0.29) is 12.5 Å². The quantitative estimate of drug-likeness (QED) is 0.624. The summed E-state index contributed by atoms with van der Waals surface area (Å²) in [6.45, 7) is 4.90. The minimum Gasteiger partial charge on any atom is -0.494 e. The molecule has 1 amide bonds. The van der Waals surface area contributed by atoms with Crippen molar-refractivity contribution in [2.75, 3.05) is 26.3 Å². The van der Waals surface area contributed by atoms with E-state index >= 15 is 0 Å². The largest absolute Gasteiger partial charge is 0.494 e. The van der Waals surface area contributed by atoms with Gasteiger partial charge in [-0.25, -0.2) is 8.78 Å². The molecule has 2 rings (SSSR count). The molecule has 0 aliphatic heterocycles. The number of carbonyl (C=O) groups is 1. The Kier molecular flexibility index (Phi) is 8.00. The number of hydrogen-bond acceptors (Lipinski definition) is 4. The Morgan fingerprint density at radius 2 is 1.74 bits per heavy atom. The minimum absolute atomic E-state index is 0.0149. The molecule has 0 fully saturated rings. The average Bonchev–Trinajstić information content (AvgIpc) is 2.65. The van der Waals surface area contributed by atoms with Gasteiger partial charge in [-0.15, -0.1) is 0 Å². The van der Waals surface area contributed by atoms with Gasteiger partial charge >= 0.3 is 0 Å². The van der Waals surface area contributed by atoms with Crippen molar-refractivity contribution >= 4 is 5.91 Å². The van der Waals surface area contributed by atoms with Crippen LogP contribution in [0.3, 0.4) is 0 Å². The highest BCUT2D eigenvalue weighted by molar-refractivity contribution is 5.78. The molecule has 0 heterocycles. The first kappa shape index (κ1) is 20.6. The number of hydrogen-bond donors (Lipinski definition) is 2. The van der Waals surface area contributed by atoms with Gasteiger partial charge in [0.15, 0.2) is 0 Å². The van der Waals surface area contributed by atoms with E-state index < -0.39 is 17.7 Å². The van der Waals surface area contributed by atoms with Gasteiger partial charge in [-0.1, -0.05) is 6.07 Å². The highest BCUT2D eigenvalue weighted by atomic mass is 19.1. The normalized spacial score (nSPS) is 11.7. The molecule has 27 heavy (non-hydrogen) atoms. The summed E-state index contributed by atoms with van der Waals surface area (Å²) in [6, 6.07) is 10.2. The topological polar surface area (TPSA) is 59.6 Å². The van der Waals surface area contributed by atoms with Gasteiger partial charge in [0.25, 0.3) is 0 Å². The second kappa shape index (κ2) is 10.5. The van der Waals surface area contributed by atoms with Crippen molar-refractivity contribution in [2.24, 2.45) is 0 Å². The SMILES string of the molecule is CCOc1ccc(OCCNC(=O)CN[C@H](C)c2ccc(F)cc2F)cc1. The first-order valence-corrected chi connectivity index (χ1v) is 8.80. The molecule has 0 aliphatic carbocycles. The van der Waals surface area contributed by atoms with Crippen LogP contribution in [-0.2, 0) is 4.79 Å². The van der Waals surface area contributed by atoms with Crippen LogP contribution in [0.2, 0.25) is 0 Å². The predicted molar refractivity (Wildman–Crippen MR) is 98.9 cm³/mol. The zero-order valence-corrected chi connectivity index (χ0v) is 15.4. The van der Waals surface area contributed by atoms with Gasteiger partial charge in [-0.05, 0) is 44.2 Å². The van der Waals surface area contributed by atoms with Crippen molar-refractivity contribution in [2.45, 2.75) is 19.9 Å². The third-order valence-corrected chi connectivity index (χ3v) is 3.83. The number of ether oxygens (including phenoxy) is 2. The van der Waals surface area contributed by atoms with Crippen LogP contribution in [0.5, 0.6) is 11.5 Å². The molecule has 5 nitrogen and oxygen atoms in total. The first-order valence-electron chi connectivity index (χ1n) is 8.80. The number of halogens is 2. The zero-order chi connectivity index (χ0) is 19.6. The van der Waals surface area contributed by atoms with Crippen molar-refractivity contribution < 1.29 is 23.0 Å². The number of amides is 1. The van der Waals surface area contributed by atoms with Crippen LogP contribution in [0.25, 0.3) is 0 Å². The molecule has 1 atom stereocenters. The molecule has 7 heteroatoms. The van der Waals surface area contributed by atoms with Crippen LogP contribution < -0.4 is 20.1 Å². The summed E-state index contributed by atoms with van der Waals surface area (Å²) in [6.07, 6.45) is 0. The summed E-state index contributed by atoms with van der Waals surface area (Å²) in [4.78, 5) is 11.8. The molecule has 2 aromatic carbocycles. The maximum Gasteiger partial charge on any atom is 0.234 e. The maximum absolute atomic E-state index is 13.7. The first-order chi connectivity index (χ1) is 13.0. The Labute approximate surface area is 157 Å². The van der Waals surface area contributed by atoms with E-state index in [0.717, 1.165) is 11.8 Å². The number of nitrogens with one attached hydrogen (secondary N) is 2. The molecule has 0 radical (unpaired) electrons. The highest BCUT2D eigenvalue weighted by Gasteiger charge is 2.12. The lowest BCUT2D eigenvalue weighted by atomic mass is 10.1. The lowest BCUT2D eigenvalue weighted by Crippen LogP contribution is -2.37. The van der Waals surface area contributed by atoms with Gasteiger partial charge in [0.05, 0.1) is 19.7 Å². The van der Waals surface area contributed by atoms with Crippen molar-refractivity contribution in [3.05, 3.63) is 59.7 Å². The maximum atomic E-state index is 13.7. The van der Waals surface area contributed by atoms with E-state index in [1.165, 1.54) is 12.1 Å². The smallest absolute Gasteiger partial charge is 0.234 e. The lowest BCUT2D eigenvalue weighted by molar-refractivity contribution is -0.120. The highest BCUT2D eigenvalue weighted by Crippen LogP contribution is 2.18. The van der Waals surface area contributed by atoms with Gasteiger partial charge in [-0.3, -0.25) is 4.79 Å². The van der Waals surface area contributed by atoms with Crippen LogP contribution in [0.1, 0.15) is 25.5 Å². The predicted octanol–water partition coefficient (Wildman–Crippen LogP) is 3.21.